The molecule has 2 unspecified atom stereocenters. The maximum atomic E-state index is 13.9. The minimum Gasteiger partial charge on any atom is -0.359 e. The maximum absolute atomic E-state index is 13.9. The van der Waals surface area contributed by atoms with Crippen LogP contribution >= 0.6 is 24.0 Å². The fraction of sp³-hybridized carbons (Fsp3) is 0.500. The van der Waals surface area contributed by atoms with Crippen molar-refractivity contribution in [3.05, 3.63) is 52.9 Å². The van der Waals surface area contributed by atoms with Gasteiger partial charge in [0.1, 0.15) is 11.6 Å². The van der Waals surface area contributed by atoms with E-state index in [1.807, 2.05) is 6.07 Å². The molecule has 0 aliphatic heterocycles. The third kappa shape index (κ3) is 5.21. The number of rotatable bonds is 7. The van der Waals surface area contributed by atoms with Crippen molar-refractivity contribution < 1.29 is 13.3 Å². The zero-order chi connectivity index (χ0) is 19.4. The molecule has 3 rings (SSSR count). The Hall–Kier alpha value is -1.71. The van der Waals surface area contributed by atoms with Crippen molar-refractivity contribution in [1.82, 2.24) is 15.8 Å². The third-order valence-electron chi connectivity index (χ3n) is 5.12. The molecule has 28 heavy (non-hydrogen) atoms. The van der Waals surface area contributed by atoms with E-state index in [-0.39, 0.29) is 41.5 Å². The molecule has 0 saturated heterocycles. The summed E-state index contributed by atoms with van der Waals surface area (Å²) in [5.74, 6) is 0.525. The van der Waals surface area contributed by atoms with E-state index in [0.717, 1.165) is 24.3 Å². The van der Waals surface area contributed by atoms with Crippen LogP contribution in [-0.4, -0.2) is 24.2 Å². The van der Waals surface area contributed by atoms with Crippen LogP contribution in [-0.2, 0) is 6.54 Å². The summed E-state index contributed by atoms with van der Waals surface area (Å²) in [5.41, 5.74) is 1.12. The lowest BCUT2D eigenvalue weighted by Crippen LogP contribution is -2.38. The van der Waals surface area contributed by atoms with Crippen molar-refractivity contribution in [2.45, 2.75) is 57.5 Å². The summed E-state index contributed by atoms with van der Waals surface area (Å²) < 4.78 is 33.2. The van der Waals surface area contributed by atoms with Crippen LogP contribution in [0.15, 0.2) is 33.8 Å². The fourth-order valence-corrected chi connectivity index (χ4v) is 3.39. The van der Waals surface area contributed by atoms with E-state index in [1.165, 1.54) is 18.2 Å². The van der Waals surface area contributed by atoms with E-state index in [4.69, 9.17) is 4.52 Å². The second kappa shape index (κ2) is 10.2. The molecule has 1 aromatic carbocycles. The summed E-state index contributed by atoms with van der Waals surface area (Å²) in [7, 11) is 1.66. The van der Waals surface area contributed by atoms with Crippen LogP contribution in [0.4, 0.5) is 8.78 Å². The topological polar surface area (TPSA) is 62.5 Å². The predicted molar refractivity (Wildman–Crippen MR) is 116 cm³/mol. The molecule has 1 aliphatic carbocycles. The van der Waals surface area contributed by atoms with Gasteiger partial charge in [0, 0.05) is 36.6 Å². The Morgan fingerprint density at radius 1 is 1.29 bits per heavy atom. The summed E-state index contributed by atoms with van der Waals surface area (Å²) in [6, 6.07) is 5.89. The van der Waals surface area contributed by atoms with Gasteiger partial charge in [0.05, 0.1) is 12.2 Å². The second-order valence-electron chi connectivity index (χ2n) is 6.89. The predicted octanol–water partition coefficient (Wildman–Crippen LogP) is 4.70. The monoisotopic (exact) mass is 504 g/mol. The van der Waals surface area contributed by atoms with E-state index in [1.54, 1.807) is 7.05 Å². The normalized spacial score (nSPS) is 18.7. The van der Waals surface area contributed by atoms with E-state index >= 15 is 0 Å². The first-order chi connectivity index (χ1) is 13.1. The average molecular weight is 504 g/mol. The molecule has 1 fully saturated rings. The lowest BCUT2D eigenvalue weighted by Gasteiger charge is -2.11. The van der Waals surface area contributed by atoms with Gasteiger partial charge in [-0.2, -0.15) is 0 Å². The van der Waals surface area contributed by atoms with E-state index in [2.05, 4.69) is 34.6 Å². The number of hydrogen-bond donors (Lipinski definition) is 2. The van der Waals surface area contributed by atoms with Gasteiger partial charge in [-0.3, -0.25) is 4.99 Å². The van der Waals surface area contributed by atoms with Gasteiger partial charge < -0.3 is 15.2 Å². The molecule has 154 valence electrons. The molecule has 2 atom stereocenters. The van der Waals surface area contributed by atoms with E-state index in [0.29, 0.717) is 24.8 Å². The van der Waals surface area contributed by atoms with Crippen LogP contribution in [0.3, 0.4) is 0 Å². The van der Waals surface area contributed by atoms with Crippen molar-refractivity contribution in [2.75, 3.05) is 7.05 Å². The number of hydrogen-bond acceptors (Lipinski definition) is 3. The summed E-state index contributed by atoms with van der Waals surface area (Å²) in [5, 5.41) is 10.5. The maximum Gasteiger partial charge on any atom is 0.191 e. The molecule has 2 aromatic rings. The first-order valence-electron chi connectivity index (χ1n) is 9.43. The van der Waals surface area contributed by atoms with Gasteiger partial charge in [-0.15, -0.1) is 24.0 Å². The molecule has 0 bridgehead atoms. The fourth-order valence-electron chi connectivity index (χ4n) is 3.39. The number of aliphatic imine (C=N–C) groups is 1. The minimum atomic E-state index is -0.497. The number of nitrogens with one attached hydrogen (secondary N) is 2. The number of halogens is 3. The van der Waals surface area contributed by atoms with Gasteiger partial charge in [-0.25, -0.2) is 8.78 Å². The highest BCUT2D eigenvalue weighted by Crippen LogP contribution is 2.43. The van der Waals surface area contributed by atoms with E-state index < -0.39 is 11.6 Å². The Kier molecular flexibility index (Phi) is 8.21. The molecule has 0 radical (unpaired) electrons. The smallest absolute Gasteiger partial charge is 0.191 e. The number of benzene rings is 1. The van der Waals surface area contributed by atoms with Crippen molar-refractivity contribution in [2.24, 2.45) is 4.99 Å². The van der Waals surface area contributed by atoms with Gasteiger partial charge in [0.2, 0.25) is 0 Å². The molecule has 1 heterocycles. The van der Waals surface area contributed by atoms with Crippen molar-refractivity contribution >= 4 is 29.9 Å². The lowest BCUT2D eigenvalue weighted by atomic mass is 9.99. The molecular formula is C20H27F2IN4O. The Labute approximate surface area is 181 Å². The van der Waals surface area contributed by atoms with Crippen LogP contribution < -0.4 is 10.6 Å². The minimum absolute atomic E-state index is 0. The van der Waals surface area contributed by atoms with Crippen molar-refractivity contribution in [1.29, 1.82) is 0 Å². The number of guanidine groups is 1. The highest BCUT2D eigenvalue weighted by molar-refractivity contribution is 14.0. The summed E-state index contributed by atoms with van der Waals surface area (Å²) in [4.78, 5) is 4.18. The zero-order valence-electron chi connectivity index (χ0n) is 16.3. The molecular weight excluding hydrogens is 477 g/mol. The van der Waals surface area contributed by atoms with Crippen LogP contribution in [0.5, 0.6) is 0 Å². The van der Waals surface area contributed by atoms with Crippen LogP contribution in [0.2, 0.25) is 0 Å². The van der Waals surface area contributed by atoms with Gasteiger partial charge in [0.15, 0.2) is 11.7 Å². The third-order valence-corrected chi connectivity index (χ3v) is 5.12. The Morgan fingerprint density at radius 3 is 2.57 bits per heavy atom. The Morgan fingerprint density at radius 2 is 1.96 bits per heavy atom. The average Bonchev–Trinajstić information content (AvgIpc) is 3.24. The molecule has 0 spiro atoms. The quantitative estimate of drug-likeness (QED) is 0.326. The molecule has 0 amide bonds. The molecule has 1 aliphatic rings. The van der Waals surface area contributed by atoms with Crippen molar-refractivity contribution in [3.8, 4) is 0 Å². The Bertz CT molecular complexity index is 787. The van der Waals surface area contributed by atoms with Gasteiger partial charge >= 0.3 is 0 Å². The zero-order valence-corrected chi connectivity index (χ0v) is 18.7. The van der Waals surface area contributed by atoms with Gasteiger partial charge in [0.25, 0.3) is 0 Å². The van der Waals surface area contributed by atoms with Crippen molar-refractivity contribution in [3.63, 3.8) is 0 Å². The number of nitrogens with zero attached hydrogens (tertiary/aromatic N) is 2. The van der Waals surface area contributed by atoms with Gasteiger partial charge in [-0.05, 0) is 31.4 Å². The molecule has 1 aromatic heterocycles. The van der Waals surface area contributed by atoms with Crippen LogP contribution in [0, 0.1) is 11.6 Å². The molecule has 8 heteroatoms. The summed E-state index contributed by atoms with van der Waals surface area (Å²) >= 11 is 0. The molecule has 1 saturated carbocycles. The van der Waals surface area contributed by atoms with Gasteiger partial charge in [-0.1, -0.05) is 25.1 Å². The molecule has 2 N–H and O–H groups in total. The highest BCUT2D eigenvalue weighted by atomic mass is 127. The summed E-state index contributed by atoms with van der Waals surface area (Å²) in [6.45, 7) is 4.71. The molecule has 5 nitrogen and oxygen atoms in total. The highest BCUT2D eigenvalue weighted by Gasteiger charge is 2.42. The Balaban J connectivity index is 0.00000280. The number of aromatic nitrogens is 1. The first kappa shape index (κ1) is 22.6. The summed E-state index contributed by atoms with van der Waals surface area (Å²) in [6.07, 6.45) is 2.71. The van der Waals surface area contributed by atoms with Crippen LogP contribution in [0.25, 0.3) is 0 Å². The van der Waals surface area contributed by atoms with Crippen LogP contribution in [0.1, 0.15) is 62.0 Å². The standard InChI is InChI=1S/C20H26F2N4O.HI/c1-4-12(5-2)17-9-13(27-26-17)11-24-20(23-3)25-18-10-14(18)19-15(21)7-6-8-16(19)22;/h6-9,12,14,18H,4-5,10-11H2,1-3H3,(H2,23,24,25);1H. The SMILES string of the molecule is CCC(CC)c1cc(CNC(=NC)NC2CC2c2c(F)cccc2F)on1.I. The largest absolute Gasteiger partial charge is 0.359 e. The second-order valence-corrected chi connectivity index (χ2v) is 6.89. The lowest BCUT2D eigenvalue weighted by molar-refractivity contribution is 0.368. The van der Waals surface area contributed by atoms with E-state index in [9.17, 15) is 8.78 Å². The first-order valence-corrected chi connectivity index (χ1v) is 9.43.